The number of alkyl halides is 3. The maximum absolute atomic E-state index is 14.0. The van der Waals surface area contributed by atoms with Gasteiger partial charge in [0.15, 0.2) is 29.7 Å². The number of nitrogens with one attached hydrogen (secondary N) is 1. The van der Waals surface area contributed by atoms with E-state index in [9.17, 15) is 31.1 Å². The van der Waals surface area contributed by atoms with E-state index in [0.29, 0.717) is 16.6 Å². The molecule has 0 radical (unpaired) electrons. The molecule has 0 aliphatic carbocycles. The molecule has 13 heteroatoms. The molecule has 35 heavy (non-hydrogen) atoms. The highest BCUT2D eigenvalue weighted by Gasteiger charge is 2.30. The number of rotatable bonds is 7. The summed E-state index contributed by atoms with van der Waals surface area (Å²) >= 11 is 0. The SMILES string of the molecule is CC(OCc1ccccc1)c1nn2c(=O)[nH]c(OCC(F)(F)F)nc2c1-c1cc(F)c(F)c(F)c1. The molecule has 0 bridgehead atoms. The number of hydrogen-bond acceptors (Lipinski definition) is 5. The number of fused-ring (bicyclic) bond motifs is 1. The van der Waals surface area contributed by atoms with Gasteiger partial charge in [-0.25, -0.2) is 18.0 Å². The molecule has 184 valence electrons. The number of aromatic nitrogens is 4. The molecule has 4 rings (SSSR count). The molecule has 0 aliphatic rings. The molecular formula is C22H16F6N4O3. The van der Waals surface area contributed by atoms with Crippen LogP contribution in [0.5, 0.6) is 6.01 Å². The minimum Gasteiger partial charge on any atom is -0.455 e. The van der Waals surface area contributed by atoms with Crippen LogP contribution in [-0.2, 0) is 11.3 Å². The van der Waals surface area contributed by atoms with Crippen molar-refractivity contribution in [2.24, 2.45) is 0 Å². The lowest BCUT2D eigenvalue weighted by Gasteiger charge is -2.13. The molecule has 1 N–H and O–H groups in total. The van der Waals surface area contributed by atoms with Crippen molar-refractivity contribution in [1.29, 1.82) is 0 Å². The number of benzene rings is 2. The fraction of sp³-hybridized carbons (Fsp3) is 0.227. The van der Waals surface area contributed by atoms with Crippen LogP contribution in [0.15, 0.2) is 47.3 Å². The van der Waals surface area contributed by atoms with Gasteiger partial charge in [0.2, 0.25) is 0 Å². The van der Waals surface area contributed by atoms with Gasteiger partial charge in [0, 0.05) is 0 Å². The number of ether oxygens (including phenoxy) is 2. The minimum absolute atomic E-state index is 0.0164. The highest BCUT2D eigenvalue weighted by molar-refractivity contribution is 5.80. The molecule has 2 aromatic carbocycles. The second kappa shape index (κ2) is 9.41. The van der Waals surface area contributed by atoms with E-state index in [0.717, 1.165) is 5.56 Å². The molecule has 0 fully saturated rings. The van der Waals surface area contributed by atoms with Crippen molar-refractivity contribution < 1.29 is 35.8 Å². The van der Waals surface area contributed by atoms with Gasteiger partial charge in [0.1, 0.15) is 5.69 Å². The zero-order valence-electron chi connectivity index (χ0n) is 17.9. The minimum atomic E-state index is -4.72. The first-order valence-electron chi connectivity index (χ1n) is 10.1. The fourth-order valence-corrected chi connectivity index (χ4v) is 3.29. The summed E-state index contributed by atoms with van der Waals surface area (Å²) in [4.78, 5) is 18.4. The van der Waals surface area contributed by atoms with Crippen molar-refractivity contribution in [3.63, 3.8) is 0 Å². The molecule has 1 atom stereocenters. The number of hydrogen-bond donors (Lipinski definition) is 1. The molecule has 0 saturated heterocycles. The van der Waals surface area contributed by atoms with Gasteiger partial charge < -0.3 is 9.47 Å². The Morgan fingerprint density at radius 1 is 1.09 bits per heavy atom. The van der Waals surface area contributed by atoms with Crippen molar-refractivity contribution in [3.05, 3.63) is 81.7 Å². The van der Waals surface area contributed by atoms with E-state index < -0.39 is 48.0 Å². The average Bonchev–Trinajstić information content (AvgIpc) is 3.20. The van der Waals surface area contributed by atoms with Crippen molar-refractivity contribution >= 4 is 5.65 Å². The van der Waals surface area contributed by atoms with Crippen molar-refractivity contribution in [3.8, 4) is 17.1 Å². The van der Waals surface area contributed by atoms with Gasteiger partial charge in [-0.1, -0.05) is 30.3 Å². The van der Waals surface area contributed by atoms with E-state index in [1.807, 2.05) is 4.98 Å². The second-order valence-electron chi connectivity index (χ2n) is 7.44. The number of nitrogens with zero attached hydrogens (tertiary/aromatic N) is 3. The van der Waals surface area contributed by atoms with E-state index in [4.69, 9.17) is 4.74 Å². The first-order chi connectivity index (χ1) is 16.5. The molecular weight excluding hydrogens is 482 g/mol. The molecule has 0 spiro atoms. The quantitative estimate of drug-likeness (QED) is 0.295. The lowest BCUT2D eigenvalue weighted by atomic mass is 10.0. The number of H-pyrrole nitrogens is 1. The van der Waals surface area contributed by atoms with Gasteiger partial charge in [-0.05, 0) is 30.2 Å². The molecule has 0 amide bonds. The average molecular weight is 498 g/mol. The molecule has 7 nitrogen and oxygen atoms in total. The van der Waals surface area contributed by atoms with E-state index in [2.05, 4.69) is 14.8 Å². The Bertz CT molecular complexity index is 1400. The summed E-state index contributed by atoms with van der Waals surface area (Å²) in [5.74, 6) is -4.77. The zero-order chi connectivity index (χ0) is 25.3. The molecule has 0 saturated carbocycles. The topological polar surface area (TPSA) is 81.5 Å². The fourth-order valence-electron chi connectivity index (χ4n) is 3.29. The van der Waals surface area contributed by atoms with Gasteiger partial charge in [-0.15, -0.1) is 0 Å². The third-order valence-electron chi connectivity index (χ3n) is 4.87. The number of aromatic amines is 1. The monoisotopic (exact) mass is 498 g/mol. The highest BCUT2D eigenvalue weighted by Crippen LogP contribution is 2.34. The first kappa shape index (κ1) is 24.3. The van der Waals surface area contributed by atoms with Gasteiger partial charge in [-0.2, -0.15) is 27.8 Å². The van der Waals surface area contributed by atoms with Crippen LogP contribution in [0.25, 0.3) is 16.8 Å². The Labute approximate surface area is 192 Å². The summed E-state index contributed by atoms with van der Waals surface area (Å²) in [5, 5.41) is 4.10. The summed E-state index contributed by atoms with van der Waals surface area (Å²) in [6.07, 6.45) is -5.61. The Morgan fingerprint density at radius 3 is 2.37 bits per heavy atom. The maximum Gasteiger partial charge on any atom is 0.422 e. The van der Waals surface area contributed by atoms with Crippen molar-refractivity contribution in [2.75, 3.05) is 6.61 Å². The van der Waals surface area contributed by atoms with Gasteiger partial charge in [-0.3, -0.25) is 4.98 Å². The van der Waals surface area contributed by atoms with Crippen LogP contribution >= 0.6 is 0 Å². The summed E-state index contributed by atoms with van der Waals surface area (Å²) in [6, 6.07) is 9.47. The van der Waals surface area contributed by atoms with E-state index >= 15 is 0 Å². The third kappa shape index (κ3) is 5.29. The van der Waals surface area contributed by atoms with Crippen LogP contribution in [0.2, 0.25) is 0 Å². The molecule has 0 aliphatic heterocycles. The maximum atomic E-state index is 14.0. The Morgan fingerprint density at radius 2 is 1.74 bits per heavy atom. The van der Waals surface area contributed by atoms with Crippen LogP contribution in [-0.4, -0.2) is 32.4 Å². The Balaban J connectivity index is 1.84. The van der Waals surface area contributed by atoms with Crippen LogP contribution in [0.1, 0.15) is 24.3 Å². The summed E-state index contributed by atoms with van der Waals surface area (Å²) < 4.78 is 90.3. The van der Waals surface area contributed by atoms with Crippen LogP contribution in [0.4, 0.5) is 26.3 Å². The third-order valence-corrected chi connectivity index (χ3v) is 4.87. The van der Waals surface area contributed by atoms with Gasteiger partial charge in [0.25, 0.3) is 6.01 Å². The Hall–Kier alpha value is -3.87. The number of halogens is 6. The Kier molecular flexibility index (Phi) is 6.52. The van der Waals surface area contributed by atoms with E-state index in [1.165, 1.54) is 0 Å². The standard InChI is InChI=1S/C22H16F6N4O3/c1-11(34-9-12-5-3-2-4-6-12)18-16(13-7-14(23)17(25)15(24)8-13)19-29-20(35-10-22(26,27)28)30-21(33)32(19)31-18/h2-8,11H,9-10H2,1H3,(H,29,30,33). The smallest absolute Gasteiger partial charge is 0.422 e. The van der Waals surface area contributed by atoms with E-state index in [-0.39, 0.29) is 29.1 Å². The largest absolute Gasteiger partial charge is 0.455 e. The van der Waals surface area contributed by atoms with Crippen LogP contribution in [0.3, 0.4) is 0 Å². The first-order valence-corrected chi connectivity index (χ1v) is 10.1. The summed E-state index contributed by atoms with van der Waals surface area (Å²) in [6.45, 7) is -0.107. The van der Waals surface area contributed by atoms with Crippen molar-refractivity contribution in [1.82, 2.24) is 19.6 Å². The zero-order valence-corrected chi connectivity index (χ0v) is 17.9. The predicted molar refractivity (Wildman–Crippen MR) is 110 cm³/mol. The summed E-state index contributed by atoms with van der Waals surface area (Å²) in [7, 11) is 0. The lowest BCUT2D eigenvalue weighted by molar-refractivity contribution is -0.154. The van der Waals surface area contributed by atoms with E-state index in [1.54, 1.807) is 37.3 Å². The molecule has 4 aromatic rings. The van der Waals surface area contributed by atoms with Gasteiger partial charge >= 0.3 is 11.9 Å². The second-order valence-corrected chi connectivity index (χ2v) is 7.44. The van der Waals surface area contributed by atoms with Gasteiger partial charge in [0.05, 0.1) is 18.3 Å². The van der Waals surface area contributed by atoms with Crippen LogP contribution < -0.4 is 10.4 Å². The predicted octanol–water partition coefficient (Wildman–Crippen LogP) is 4.72. The molecule has 2 heterocycles. The van der Waals surface area contributed by atoms with Crippen molar-refractivity contribution in [2.45, 2.75) is 25.8 Å². The molecule has 2 aromatic heterocycles. The molecule has 1 unspecified atom stereocenters. The lowest BCUT2D eigenvalue weighted by Crippen LogP contribution is -2.24. The normalized spacial score (nSPS) is 12.8. The highest BCUT2D eigenvalue weighted by atomic mass is 19.4. The van der Waals surface area contributed by atoms with Crippen LogP contribution in [0, 0.1) is 17.5 Å². The summed E-state index contributed by atoms with van der Waals surface area (Å²) in [5.41, 5.74) is -1.04.